The summed E-state index contributed by atoms with van der Waals surface area (Å²) in [5, 5.41) is 8.93. The number of furan rings is 1. The largest absolute Gasteiger partial charge is 0.475 e. The van der Waals surface area contributed by atoms with E-state index in [-0.39, 0.29) is 11.3 Å². The molecule has 1 aromatic heterocycles. The van der Waals surface area contributed by atoms with Gasteiger partial charge in [0, 0.05) is 5.39 Å². The van der Waals surface area contributed by atoms with Crippen LogP contribution in [-0.2, 0) is 6.18 Å². The van der Waals surface area contributed by atoms with Crippen molar-refractivity contribution in [2.24, 2.45) is 0 Å². The maximum Gasteiger partial charge on any atom is 0.420 e. The number of halogens is 3. The lowest BCUT2D eigenvalue weighted by Gasteiger charge is -2.11. The van der Waals surface area contributed by atoms with Crippen LogP contribution >= 0.6 is 0 Å². The Kier molecular flexibility index (Phi) is 3.04. The summed E-state index contributed by atoms with van der Waals surface area (Å²) in [4.78, 5) is 10.8. The normalized spacial score (nSPS) is 12.3. The van der Waals surface area contributed by atoms with Gasteiger partial charge >= 0.3 is 12.1 Å². The van der Waals surface area contributed by atoms with Crippen LogP contribution in [0.3, 0.4) is 0 Å². The minimum atomic E-state index is -4.59. The maximum atomic E-state index is 13.0. The van der Waals surface area contributed by atoms with Crippen LogP contribution < -0.4 is 0 Å². The molecule has 0 bridgehead atoms. The van der Waals surface area contributed by atoms with Crippen LogP contribution in [-0.4, -0.2) is 11.1 Å². The second kappa shape index (κ2) is 4.29. The summed E-state index contributed by atoms with van der Waals surface area (Å²) < 4.78 is 43.7. The predicted molar refractivity (Wildman–Crippen MR) is 62.3 cm³/mol. The monoisotopic (exact) mass is 272 g/mol. The van der Waals surface area contributed by atoms with Crippen LogP contribution in [0.15, 0.2) is 22.6 Å². The zero-order valence-corrected chi connectivity index (χ0v) is 10.2. The van der Waals surface area contributed by atoms with Crippen molar-refractivity contribution in [2.45, 2.75) is 25.9 Å². The van der Waals surface area contributed by atoms with Crippen LogP contribution in [0.25, 0.3) is 11.0 Å². The van der Waals surface area contributed by atoms with Gasteiger partial charge in [-0.2, -0.15) is 13.2 Å². The van der Waals surface area contributed by atoms with E-state index in [4.69, 9.17) is 9.52 Å². The van der Waals surface area contributed by atoms with Crippen molar-refractivity contribution in [1.82, 2.24) is 0 Å². The first-order valence-electron chi connectivity index (χ1n) is 5.58. The Morgan fingerprint density at radius 2 is 1.89 bits per heavy atom. The molecule has 0 spiro atoms. The summed E-state index contributed by atoms with van der Waals surface area (Å²) in [6, 6.07) is 3.63. The summed E-state index contributed by atoms with van der Waals surface area (Å²) in [7, 11) is 0. The second-order valence-electron chi connectivity index (χ2n) is 4.56. The quantitative estimate of drug-likeness (QED) is 0.888. The van der Waals surface area contributed by atoms with Crippen LogP contribution in [0.5, 0.6) is 0 Å². The number of hydrogen-bond acceptors (Lipinski definition) is 2. The molecule has 102 valence electrons. The summed E-state index contributed by atoms with van der Waals surface area (Å²) in [6.07, 6.45) is -4.59. The van der Waals surface area contributed by atoms with E-state index in [0.29, 0.717) is 5.56 Å². The molecule has 0 aliphatic heterocycles. The fraction of sp³-hybridized carbons (Fsp3) is 0.308. The van der Waals surface area contributed by atoms with Crippen LogP contribution in [0, 0.1) is 0 Å². The van der Waals surface area contributed by atoms with Gasteiger partial charge in [-0.1, -0.05) is 13.8 Å². The smallest absolute Gasteiger partial charge is 0.420 e. The number of fused-ring (bicyclic) bond motifs is 1. The highest BCUT2D eigenvalue weighted by molar-refractivity contribution is 5.92. The van der Waals surface area contributed by atoms with E-state index in [1.54, 1.807) is 13.8 Å². The lowest BCUT2D eigenvalue weighted by atomic mass is 9.98. The highest BCUT2D eigenvalue weighted by Gasteiger charge is 2.35. The summed E-state index contributed by atoms with van der Waals surface area (Å²) in [5.41, 5.74) is -0.895. The fourth-order valence-corrected chi connectivity index (χ4v) is 1.83. The number of carboxylic acids is 1. The topological polar surface area (TPSA) is 50.4 Å². The van der Waals surface area contributed by atoms with Gasteiger partial charge in [0.05, 0.1) is 5.56 Å². The summed E-state index contributed by atoms with van der Waals surface area (Å²) >= 11 is 0. The van der Waals surface area contributed by atoms with Crippen molar-refractivity contribution in [1.29, 1.82) is 0 Å². The van der Waals surface area contributed by atoms with E-state index < -0.39 is 29.1 Å². The zero-order chi connectivity index (χ0) is 14.4. The summed E-state index contributed by atoms with van der Waals surface area (Å²) in [5.74, 6) is -1.99. The third-order valence-corrected chi connectivity index (χ3v) is 2.82. The van der Waals surface area contributed by atoms with E-state index in [0.717, 1.165) is 12.1 Å². The first-order valence-corrected chi connectivity index (χ1v) is 5.58. The molecule has 0 radical (unpaired) electrons. The lowest BCUT2D eigenvalue weighted by molar-refractivity contribution is -0.136. The third kappa shape index (κ3) is 2.43. The molecule has 1 heterocycles. The molecule has 0 unspecified atom stereocenters. The number of aromatic carboxylic acids is 1. The van der Waals surface area contributed by atoms with Crippen molar-refractivity contribution in [3.63, 3.8) is 0 Å². The van der Waals surface area contributed by atoms with Crippen molar-refractivity contribution in [3.8, 4) is 0 Å². The molecule has 0 aliphatic carbocycles. The Labute approximate surface area is 106 Å². The maximum absolute atomic E-state index is 13.0. The van der Waals surface area contributed by atoms with Gasteiger partial charge in [0.1, 0.15) is 5.58 Å². The molecule has 19 heavy (non-hydrogen) atoms. The molecular weight excluding hydrogens is 261 g/mol. The molecule has 1 aromatic carbocycles. The second-order valence-corrected chi connectivity index (χ2v) is 4.56. The minimum absolute atomic E-state index is 0.103. The highest BCUT2D eigenvalue weighted by atomic mass is 19.4. The van der Waals surface area contributed by atoms with Crippen LogP contribution in [0.2, 0.25) is 0 Å². The first kappa shape index (κ1) is 13.5. The number of alkyl halides is 3. The number of carbonyl (C=O) groups is 1. The van der Waals surface area contributed by atoms with Crippen molar-refractivity contribution < 1.29 is 27.5 Å². The molecule has 0 saturated carbocycles. The fourth-order valence-electron chi connectivity index (χ4n) is 1.83. The Morgan fingerprint density at radius 3 is 2.37 bits per heavy atom. The van der Waals surface area contributed by atoms with Crippen molar-refractivity contribution in [3.05, 3.63) is 35.1 Å². The molecule has 0 amide bonds. The van der Waals surface area contributed by atoms with Crippen molar-refractivity contribution in [2.75, 3.05) is 0 Å². The van der Waals surface area contributed by atoms with E-state index >= 15 is 0 Å². The molecule has 1 N–H and O–H groups in total. The minimum Gasteiger partial charge on any atom is -0.475 e. The number of carboxylic acid groups (broad SMARTS) is 1. The Hall–Kier alpha value is -1.98. The van der Waals surface area contributed by atoms with Gasteiger partial charge in [-0.25, -0.2) is 4.79 Å². The number of benzene rings is 1. The van der Waals surface area contributed by atoms with E-state index in [1.807, 2.05) is 0 Å². The standard InChI is InChI=1S/C13H11F3O3/c1-6(2)7-3-8-5-10(12(17)18)19-11(8)9(4-7)13(14,15)16/h3-6H,1-2H3,(H,17,18). The van der Waals surface area contributed by atoms with Gasteiger partial charge in [0.15, 0.2) is 0 Å². The third-order valence-electron chi connectivity index (χ3n) is 2.82. The Morgan fingerprint density at radius 1 is 1.26 bits per heavy atom. The molecule has 0 saturated heterocycles. The molecule has 6 heteroatoms. The molecule has 3 nitrogen and oxygen atoms in total. The average molecular weight is 272 g/mol. The summed E-state index contributed by atoms with van der Waals surface area (Å²) in [6.45, 7) is 3.53. The Bertz CT molecular complexity index is 638. The predicted octanol–water partition coefficient (Wildman–Crippen LogP) is 4.27. The molecule has 0 atom stereocenters. The highest BCUT2D eigenvalue weighted by Crippen LogP contribution is 2.38. The molecule has 0 aliphatic rings. The van der Waals surface area contributed by atoms with Crippen LogP contribution in [0.1, 0.15) is 41.4 Å². The Balaban J connectivity index is 2.79. The van der Waals surface area contributed by atoms with Gasteiger partial charge in [0.2, 0.25) is 5.76 Å². The lowest BCUT2D eigenvalue weighted by Crippen LogP contribution is -2.06. The molecule has 0 fully saturated rings. The van der Waals surface area contributed by atoms with E-state index in [2.05, 4.69) is 0 Å². The average Bonchev–Trinajstić information content (AvgIpc) is 2.69. The van der Waals surface area contributed by atoms with Gasteiger partial charge < -0.3 is 9.52 Å². The van der Waals surface area contributed by atoms with Crippen molar-refractivity contribution >= 4 is 16.9 Å². The van der Waals surface area contributed by atoms with Gasteiger partial charge in [0.25, 0.3) is 0 Å². The van der Waals surface area contributed by atoms with Gasteiger partial charge in [-0.15, -0.1) is 0 Å². The van der Waals surface area contributed by atoms with Gasteiger partial charge in [-0.05, 0) is 29.7 Å². The van der Waals surface area contributed by atoms with Crippen LogP contribution in [0.4, 0.5) is 13.2 Å². The van der Waals surface area contributed by atoms with Gasteiger partial charge in [-0.3, -0.25) is 0 Å². The first-order chi connectivity index (χ1) is 8.70. The SMILES string of the molecule is CC(C)c1cc(C(F)(F)F)c2oc(C(=O)O)cc2c1. The number of hydrogen-bond donors (Lipinski definition) is 1. The van der Waals surface area contributed by atoms with E-state index in [9.17, 15) is 18.0 Å². The van der Waals surface area contributed by atoms with E-state index in [1.165, 1.54) is 6.07 Å². The zero-order valence-electron chi connectivity index (χ0n) is 10.2. The molecular formula is C13H11F3O3. The molecule has 2 aromatic rings. The molecule has 2 rings (SSSR count). The number of rotatable bonds is 2.